The average molecular weight is 419 g/mol. The van der Waals surface area contributed by atoms with E-state index >= 15 is 0 Å². The maximum atomic E-state index is 12.6. The molecular formula is C24H22N2OS2. The third-order valence-electron chi connectivity index (χ3n) is 3.92. The van der Waals surface area contributed by atoms with Crippen LogP contribution in [0.15, 0.2) is 116 Å². The third kappa shape index (κ3) is 6.97. The molecule has 0 spiro atoms. The minimum absolute atomic E-state index is 0.242. The molecule has 1 N–H and O–H groups in total. The number of benzene rings is 3. The first-order chi connectivity index (χ1) is 14.2. The van der Waals surface area contributed by atoms with Crippen LogP contribution < -0.4 is 5.43 Å². The largest absolute Gasteiger partial charge is 0.268 e. The van der Waals surface area contributed by atoms with Crippen molar-refractivity contribution in [3.05, 3.63) is 107 Å². The average Bonchev–Trinajstić information content (AvgIpc) is 2.76. The number of thioether (sulfide) groups is 2. The van der Waals surface area contributed by atoms with Gasteiger partial charge in [-0.1, -0.05) is 97.2 Å². The van der Waals surface area contributed by atoms with Gasteiger partial charge in [-0.15, -0.1) is 0 Å². The lowest BCUT2D eigenvalue weighted by atomic mass is 10.1. The Kier molecular flexibility index (Phi) is 8.16. The summed E-state index contributed by atoms with van der Waals surface area (Å²) in [7, 11) is 0. The van der Waals surface area contributed by atoms with Crippen molar-refractivity contribution in [3.8, 4) is 0 Å². The summed E-state index contributed by atoms with van der Waals surface area (Å²) in [5, 5.41) is 4.33. The molecular weight excluding hydrogens is 396 g/mol. The van der Waals surface area contributed by atoms with Gasteiger partial charge in [0, 0.05) is 15.9 Å². The molecule has 0 saturated carbocycles. The molecule has 0 bridgehead atoms. The molecule has 3 rings (SSSR count). The summed E-state index contributed by atoms with van der Waals surface area (Å²) in [5.41, 5.74) is 4.54. The topological polar surface area (TPSA) is 41.5 Å². The van der Waals surface area contributed by atoms with Crippen molar-refractivity contribution in [1.82, 2.24) is 5.43 Å². The summed E-state index contributed by atoms with van der Waals surface area (Å²) < 4.78 is 0.882. The van der Waals surface area contributed by atoms with E-state index in [9.17, 15) is 4.79 Å². The van der Waals surface area contributed by atoms with Crippen LogP contribution in [-0.4, -0.2) is 11.6 Å². The predicted molar refractivity (Wildman–Crippen MR) is 124 cm³/mol. The second kappa shape index (κ2) is 11.3. The second-order valence-electron chi connectivity index (χ2n) is 6.05. The highest BCUT2D eigenvalue weighted by Gasteiger charge is 2.08. The van der Waals surface area contributed by atoms with Crippen LogP contribution in [0, 0.1) is 0 Å². The molecule has 0 aromatic heterocycles. The lowest BCUT2D eigenvalue weighted by Gasteiger charge is -2.08. The Hall–Kier alpha value is -2.76. The van der Waals surface area contributed by atoms with Gasteiger partial charge in [-0.3, -0.25) is 4.79 Å². The number of carbonyl (C=O) groups excluding carboxylic acids is 1. The van der Waals surface area contributed by atoms with E-state index in [-0.39, 0.29) is 5.91 Å². The van der Waals surface area contributed by atoms with E-state index < -0.39 is 0 Å². The minimum atomic E-state index is -0.242. The van der Waals surface area contributed by atoms with E-state index in [4.69, 9.17) is 0 Å². The molecule has 3 nitrogen and oxygen atoms in total. The fraction of sp³-hybridized carbons (Fsp3) is 0.0833. The number of nitrogens with one attached hydrogen (secondary N) is 1. The molecule has 0 aliphatic rings. The molecule has 0 saturated heterocycles. The van der Waals surface area contributed by atoms with Crippen LogP contribution in [-0.2, 0) is 4.79 Å². The Morgan fingerprint density at radius 2 is 1.31 bits per heavy atom. The zero-order valence-corrected chi connectivity index (χ0v) is 17.7. The van der Waals surface area contributed by atoms with E-state index in [0.717, 1.165) is 31.7 Å². The summed E-state index contributed by atoms with van der Waals surface area (Å²) in [6, 6.07) is 29.9. The maximum Gasteiger partial charge on any atom is 0.265 e. The van der Waals surface area contributed by atoms with Gasteiger partial charge >= 0.3 is 0 Å². The number of nitrogens with zero attached hydrogens (tertiary/aromatic N) is 1. The number of hydrogen-bond acceptors (Lipinski definition) is 4. The molecule has 29 heavy (non-hydrogen) atoms. The van der Waals surface area contributed by atoms with E-state index in [1.165, 1.54) is 0 Å². The summed E-state index contributed by atoms with van der Waals surface area (Å²) >= 11 is 3.13. The molecule has 0 unspecified atom stereocenters. The van der Waals surface area contributed by atoms with Gasteiger partial charge < -0.3 is 0 Å². The van der Waals surface area contributed by atoms with Crippen molar-refractivity contribution in [1.29, 1.82) is 0 Å². The molecule has 3 aromatic carbocycles. The molecule has 0 aliphatic carbocycles. The van der Waals surface area contributed by atoms with Crippen LogP contribution in [0.3, 0.4) is 0 Å². The molecule has 146 valence electrons. The Morgan fingerprint density at radius 3 is 1.79 bits per heavy atom. The fourth-order valence-electron chi connectivity index (χ4n) is 2.53. The zero-order valence-electron chi connectivity index (χ0n) is 16.1. The lowest BCUT2D eigenvalue weighted by molar-refractivity contribution is -0.116. The first-order valence-corrected chi connectivity index (χ1v) is 11.0. The Bertz CT molecular complexity index is 928. The van der Waals surface area contributed by atoms with Crippen molar-refractivity contribution in [2.75, 3.05) is 0 Å². The first-order valence-electron chi connectivity index (χ1n) is 9.34. The van der Waals surface area contributed by atoms with Gasteiger partial charge in [-0.25, -0.2) is 5.43 Å². The minimum Gasteiger partial charge on any atom is -0.268 e. The van der Waals surface area contributed by atoms with Crippen molar-refractivity contribution in [3.63, 3.8) is 0 Å². The number of hydrogen-bond donors (Lipinski definition) is 1. The number of amides is 1. The highest BCUT2D eigenvalue weighted by molar-refractivity contribution is 8.22. The number of hydrazone groups is 1. The van der Waals surface area contributed by atoms with Gasteiger partial charge in [0.15, 0.2) is 0 Å². The highest BCUT2D eigenvalue weighted by atomic mass is 32.2. The number of rotatable bonds is 8. The SMILES string of the molecule is CC/C(=N\NC(=O)C=C(Sc1ccccc1)Sc1ccccc1)c1ccccc1. The molecule has 0 atom stereocenters. The Balaban J connectivity index is 1.76. The quantitative estimate of drug-likeness (QED) is 0.201. The van der Waals surface area contributed by atoms with Crippen molar-refractivity contribution in [2.45, 2.75) is 23.1 Å². The summed E-state index contributed by atoms with van der Waals surface area (Å²) in [6.07, 6.45) is 2.34. The van der Waals surface area contributed by atoms with E-state index in [0.29, 0.717) is 0 Å². The van der Waals surface area contributed by atoms with E-state index in [1.54, 1.807) is 29.6 Å². The second-order valence-corrected chi connectivity index (χ2v) is 8.54. The van der Waals surface area contributed by atoms with Crippen LogP contribution in [0.1, 0.15) is 18.9 Å². The Morgan fingerprint density at radius 1 is 0.828 bits per heavy atom. The molecule has 3 aromatic rings. The van der Waals surface area contributed by atoms with Crippen molar-refractivity contribution >= 4 is 35.1 Å². The van der Waals surface area contributed by atoms with Gasteiger partial charge in [-0.05, 0) is 36.2 Å². The van der Waals surface area contributed by atoms with E-state index in [1.807, 2.05) is 97.9 Å². The van der Waals surface area contributed by atoms with Gasteiger partial charge in [0.1, 0.15) is 0 Å². The monoisotopic (exact) mass is 418 g/mol. The fourth-order valence-corrected chi connectivity index (χ4v) is 4.66. The van der Waals surface area contributed by atoms with Crippen LogP contribution in [0.2, 0.25) is 0 Å². The molecule has 1 amide bonds. The summed E-state index contributed by atoms with van der Waals surface area (Å²) in [4.78, 5) is 14.7. The van der Waals surface area contributed by atoms with Gasteiger partial charge in [0.2, 0.25) is 0 Å². The van der Waals surface area contributed by atoms with Crippen LogP contribution in [0.5, 0.6) is 0 Å². The summed E-state index contributed by atoms with van der Waals surface area (Å²) in [5.74, 6) is -0.242. The molecule has 0 aliphatic heterocycles. The van der Waals surface area contributed by atoms with Gasteiger partial charge in [0.25, 0.3) is 5.91 Å². The zero-order chi connectivity index (χ0) is 20.3. The van der Waals surface area contributed by atoms with Crippen molar-refractivity contribution in [2.24, 2.45) is 5.10 Å². The molecule has 5 heteroatoms. The van der Waals surface area contributed by atoms with Gasteiger partial charge in [-0.2, -0.15) is 5.10 Å². The maximum absolute atomic E-state index is 12.6. The standard InChI is InChI=1S/C24H22N2OS2/c1-2-22(19-12-6-3-7-13-19)25-26-23(27)18-24(28-20-14-8-4-9-15-20)29-21-16-10-5-11-17-21/h3-18H,2H2,1H3,(H,26,27)/b25-22+. The molecule has 0 fully saturated rings. The Labute approximate surface area is 180 Å². The van der Waals surface area contributed by atoms with Gasteiger partial charge in [0.05, 0.1) is 9.95 Å². The predicted octanol–water partition coefficient (Wildman–Crippen LogP) is 6.34. The molecule has 0 radical (unpaired) electrons. The summed E-state index contributed by atoms with van der Waals surface area (Å²) in [6.45, 7) is 2.02. The van der Waals surface area contributed by atoms with Crippen LogP contribution >= 0.6 is 23.5 Å². The van der Waals surface area contributed by atoms with Crippen LogP contribution in [0.4, 0.5) is 0 Å². The normalized spacial score (nSPS) is 11.0. The lowest BCUT2D eigenvalue weighted by Crippen LogP contribution is -2.17. The highest BCUT2D eigenvalue weighted by Crippen LogP contribution is 2.38. The van der Waals surface area contributed by atoms with E-state index in [2.05, 4.69) is 10.5 Å². The van der Waals surface area contributed by atoms with Crippen molar-refractivity contribution < 1.29 is 4.79 Å². The first kappa shape index (κ1) is 21.0. The van der Waals surface area contributed by atoms with Crippen LogP contribution in [0.25, 0.3) is 0 Å². The smallest absolute Gasteiger partial charge is 0.265 e. The molecule has 0 heterocycles. The number of carbonyl (C=O) groups is 1. The third-order valence-corrected chi connectivity index (χ3v) is 6.07.